The topological polar surface area (TPSA) is 65.1 Å². The van der Waals surface area contributed by atoms with Crippen LogP contribution in [0.2, 0.25) is 0 Å². The molecule has 6 nitrogen and oxygen atoms in total. The third-order valence-electron chi connectivity index (χ3n) is 6.00. The van der Waals surface area contributed by atoms with E-state index in [0.29, 0.717) is 31.9 Å². The van der Waals surface area contributed by atoms with Crippen molar-refractivity contribution in [3.8, 4) is 11.3 Å². The van der Waals surface area contributed by atoms with Crippen LogP contribution < -0.4 is 4.90 Å². The number of amides is 1. The number of rotatable bonds is 5. The van der Waals surface area contributed by atoms with Crippen LogP contribution in [0.1, 0.15) is 12.0 Å². The van der Waals surface area contributed by atoms with Gasteiger partial charge in [-0.25, -0.2) is 14.4 Å². The molecule has 1 fully saturated rings. The fourth-order valence-corrected chi connectivity index (χ4v) is 4.32. The van der Waals surface area contributed by atoms with Crippen molar-refractivity contribution in [3.05, 3.63) is 78.4 Å². The van der Waals surface area contributed by atoms with Crippen molar-refractivity contribution in [1.82, 2.24) is 19.9 Å². The highest BCUT2D eigenvalue weighted by molar-refractivity contribution is 5.91. The summed E-state index contributed by atoms with van der Waals surface area (Å²) in [4.78, 5) is 29.1. The first-order chi connectivity index (χ1) is 15.7. The second-order valence-electron chi connectivity index (χ2n) is 7.95. The summed E-state index contributed by atoms with van der Waals surface area (Å²) in [5.41, 5.74) is 3.98. The van der Waals surface area contributed by atoms with Gasteiger partial charge in [-0.15, -0.1) is 0 Å². The first-order valence-corrected chi connectivity index (χ1v) is 10.8. The molecule has 32 heavy (non-hydrogen) atoms. The van der Waals surface area contributed by atoms with Gasteiger partial charge in [0.2, 0.25) is 11.9 Å². The van der Waals surface area contributed by atoms with Crippen LogP contribution in [0.4, 0.5) is 10.3 Å². The molecule has 1 aliphatic rings. The number of aryl methyl sites for hydroxylation is 1. The van der Waals surface area contributed by atoms with E-state index in [1.165, 1.54) is 12.1 Å². The maximum atomic E-state index is 13.4. The molecule has 162 valence electrons. The number of carbonyl (C=O) groups excluding carboxylic acids is 1. The van der Waals surface area contributed by atoms with Gasteiger partial charge in [0.1, 0.15) is 5.82 Å². The second kappa shape index (κ2) is 8.78. The highest BCUT2D eigenvalue weighted by atomic mass is 19.1. The lowest BCUT2D eigenvalue weighted by atomic mass is 10.0. The third kappa shape index (κ3) is 4.06. The largest absolute Gasteiger partial charge is 0.354 e. The van der Waals surface area contributed by atoms with Gasteiger partial charge in [0.25, 0.3) is 0 Å². The third-order valence-corrected chi connectivity index (χ3v) is 6.00. The number of nitrogens with one attached hydrogen (secondary N) is 1. The van der Waals surface area contributed by atoms with E-state index in [0.717, 1.165) is 40.8 Å². The van der Waals surface area contributed by atoms with Gasteiger partial charge >= 0.3 is 0 Å². The van der Waals surface area contributed by atoms with Crippen molar-refractivity contribution in [2.24, 2.45) is 0 Å². The molecule has 0 aliphatic carbocycles. The van der Waals surface area contributed by atoms with Gasteiger partial charge in [-0.2, -0.15) is 0 Å². The fourth-order valence-electron chi connectivity index (χ4n) is 4.32. The number of fused-ring (bicyclic) bond motifs is 1. The van der Waals surface area contributed by atoms with E-state index >= 15 is 0 Å². The van der Waals surface area contributed by atoms with Gasteiger partial charge in [0.15, 0.2) is 0 Å². The Morgan fingerprint density at radius 1 is 0.938 bits per heavy atom. The van der Waals surface area contributed by atoms with Crippen LogP contribution in [-0.4, -0.2) is 51.9 Å². The fraction of sp³-hybridized carbons (Fsp3) is 0.240. The maximum Gasteiger partial charge on any atom is 0.225 e. The molecule has 0 bridgehead atoms. The van der Waals surface area contributed by atoms with Gasteiger partial charge in [0.05, 0.1) is 0 Å². The lowest BCUT2D eigenvalue weighted by Gasteiger charge is -2.34. The highest BCUT2D eigenvalue weighted by Gasteiger charge is 2.23. The van der Waals surface area contributed by atoms with E-state index in [9.17, 15) is 9.18 Å². The molecule has 5 rings (SSSR count). The van der Waals surface area contributed by atoms with E-state index in [-0.39, 0.29) is 11.7 Å². The molecule has 0 spiro atoms. The standard InChI is InChI=1S/C25H24FN5O/c26-19-8-6-18(7-9-19)24-21(20-4-1-2-5-22(20)29-24)10-11-23(32)30-14-16-31(17-15-30)25-27-12-3-13-28-25/h1-9,12-13,29H,10-11,14-17H2. The lowest BCUT2D eigenvalue weighted by Crippen LogP contribution is -2.49. The maximum absolute atomic E-state index is 13.4. The van der Waals surface area contributed by atoms with Gasteiger partial charge in [0, 0.05) is 61.6 Å². The number of benzene rings is 2. The smallest absolute Gasteiger partial charge is 0.225 e. The predicted molar refractivity (Wildman–Crippen MR) is 123 cm³/mol. The molecule has 1 aliphatic heterocycles. The summed E-state index contributed by atoms with van der Waals surface area (Å²) in [6.07, 6.45) is 4.52. The molecule has 3 heterocycles. The molecule has 7 heteroatoms. The summed E-state index contributed by atoms with van der Waals surface area (Å²) in [6.45, 7) is 2.78. The van der Waals surface area contributed by atoms with Crippen LogP contribution in [0.25, 0.3) is 22.2 Å². The first kappa shape index (κ1) is 20.2. The average Bonchev–Trinajstić information content (AvgIpc) is 3.22. The summed E-state index contributed by atoms with van der Waals surface area (Å²) >= 11 is 0. The van der Waals surface area contributed by atoms with Crippen molar-refractivity contribution in [3.63, 3.8) is 0 Å². The Hall–Kier alpha value is -3.74. The minimum Gasteiger partial charge on any atom is -0.354 e. The molecular formula is C25H24FN5O. The lowest BCUT2D eigenvalue weighted by molar-refractivity contribution is -0.131. The average molecular weight is 429 g/mol. The van der Waals surface area contributed by atoms with Crippen molar-refractivity contribution in [1.29, 1.82) is 0 Å². The molecule has 0 saturated carbocycles. The number of hydrogen-bond acceptors (Lipinski definition) is 4. The molecule has 0 atom stereocenters. The number of H-pyrrole nitrogens is 1. The minimum atomic E-state index is -0.262. The van der Waals surface area contributed by atoms with Crippen molar-refractivity contribution >= 4 is 22.8 Å². The summed E-state index contributed by atoms with van der Waals surface area (Å²) in [6, 6.07) is 16.4. The molecular weight excluding hydrogens is 405 g/mol. The molecule has 0 radical (unpaired) electrons. The number of para-hydroxylation sites is 1. The van der Waals surface area contributed by atoms with Gasteiger partial charge in [-0.1, -0.05) is 18.2 Å². The molecule has 1 saturated heterocycles. The summed E-state index contributed by atoms with van der Waals surface area (Å²) in [5.74, 6) is 0.595. The Labute approximate surface area is 185 Å². The summed E-state index contributed by atoms with van der Waals surface area (Å²) < 4.78 is 13.4. The van der Waals surface area contributed by atoms with Crippen LogP contribution in [0.5, 0.6) is 0 Å². The molecule has 2 aromatic carbocycles. The number of halogens is 1. The number of hydrogen-bond donors (Lipinski definition) is 1. The van der Waals surface area contributed by atoms with Gasteiger partial charge in [-0.05, 0) is 53.9 Å². The number of aromatic nitrogens is 3. The Kier molecular flexibility index (Phi) is 5.54. The number of carbonyl (C=O) groups is 1. The second-order valence-corrected chi connectivity index (χ2v) is 7.95. The Balaban J connectivity index is 1.29. The van der Waals surface area contributed by atoms with Crippen LogP contribution in [0.3, 0.4) is 0 Å². The van der Waals surface area contributed by atoms with Crippen LogP contribution in [0, 0.1) is 5.82 Å². The highest BCUT2D eigenvalue weighted by Crippen LogP contribution is 2.31. The summed E-state index contributed by atoms with van der Waals surface area (Å²) in [7, 11) is 0. The van der Waals surface area contributed by atoms with E-state index < -0.39 is 0 Å². The molecule has 4 aromatic rings. The van der Waals surface area contributed by atoms with E-state index in [2.05, 4.69) is 25.9 Å². The quantitative estimate of drug-likeness (QED) is 0.520. The van der Waals surface area contributed by atoms with Crippen LogP contribution in [0.15, 0.2) is 67.0 Å². The van der Waals surface area contributed by atoms with E-state index in [1.807, 2.05) is 23.1 Å². The number of aromatic amines is 1. The van der Waals surface area contributed by atoms with Gasteiger partial charge in [-0.3, -0.25) is 4.79 Å². The molecule has 0 unspecified atom stereocenters. The molecule has 2 aromatic heterocycles. The first-order valence-electron chi connectivity index (χ1n) is 10.8. The predicted octanol–water partition coefficient (Wildman–Crippen LogP) is 4.05. The van der Waals surface area contributed by atoms with Crippen molar-refractivity contribution in [2.75, 3.05) is 31.1 Å². The van der Waals surface area contributed by atoms with Gasteiger partial charge < -0.3 is 14.8 Å². The number of anilines is 1. The Bertz CT molecular complexity index is 1210. The molecule has 1 N–H and O–H groups in total. The van der Waals surface area contributed by atoms with E-state index in [4.69, 9.17) is 0 Å². The zero-order valence-corrected chi connectivity index (χ0v) is 17.7. The SMILES string of the molecule is O=C(CCc1c(-c2ccc(F)cc2)[nH]c2ccccc12)N1CCN(c2ncccn2)CC1. The van der Waals surface area contributed by atoms with Crippen molar-refractivity contribution in [2.45, 2.75) is 12.8 Å². The van der Waals surface area contributed by atoms with E-state index in [1.54, 1.807) is 30.6 Å². The summed E-state index contributed by atoms with van der Waals surface area (Å²) in [5, 5.41) is 1.10. The van der Waals surface area contributed by atoms with Crippen molar-refractivity contribution < 1.29 is 9.18 Å². The Morgan fingerprint density at radius 2 is 1.66 bits per heavy atom. The number of piperazine rings is 1. The zero-order chi connectivity index (χ0) is 21.9. The normalized spacial score (nSPS) is 14.2. The zero-order valence-electron chi connectivity index (χ0n) is 17.7. The minimum absolute atomic E-state index is 0.147. The van der Waals surface area contributed by atoms with Crippen LogP contribution >= 0.6 is 0 Å². The Morgan fingerprint density at radius 3 is 2.41 bits per heavy atom. The molecule has 1 amide bonds. The number of nitrogens with zero attached hydrogens (tertiary/aromatic N) is 4. The van der Waals surface area contributed by atoms with Crippen LogP contribution in [-0.2, 0) is 11.2 Å². The monoisotopic (exact) mass is 429 g/mol.